The molecule has 0 bridgehead atoms. The van der Waals surface area contributed by atoms with E-state index in [2.05, 4.69) is 10.2 Å². The molecule has 0 amide bonds. The summed E-state index contributed by atoms with van der Waals surface area (Å²) in [6, 6.07) is 7.82. The van der Waals surface area contributed by atoms with Crippen molar-refractivity contribution in [3.8, 4) is 11.5 Å². The van der Waals surface area contributed by atoms with Crippen LogP contribution in [0.15, 0.2) is 57.6 Å². The molecule has 3 aromatic rings. The largest absolute Gasteiger partial charge is 0.505 e. The third-order valence-electron chi connectivity index (χ3n) is 3.96. The van der Waals surface area contributed by atoms with E-state index < -0.39 is 53.8 Å². The zero-order valence-corrected chi connectivity index (χ0v) is 15.4. The molecule has 0 spiro atoms. The standard InChI is InChI=1S/C16H10N4O9S/c21-13-7-14(30(27,28)29)9-3-1-2-4-10(9)15(13)18-17-11-5-8(19(23)24)6-12(16(11)22)20(25)26/h1-7H,(H3-,17,18,21,22,27,28,29)/p+1. The van der Waals surface area contributed by atoms with Gasteiger partial charge in [0, 0.05) is 22.9 Å². The molecule has 13 nitrogen and oxygen atoms in total. The Bertz CT molecular complexity index is 1290. The Morgan fingerprint density at radius 2 is 1.53 bits per heavy atom. The molecule has 3 rings (SSSR count). The predicted molar refractivity (Wildman–Crippen MR) is 103 cm³/mol. The summed E-state index contributed by atoms with van der Waals surface area (Å²) >= 11 is 0. The molecule has 0 heterocycles. The van der Waals surface area contributed by atoms with Crippen LogP contribution in [-0.4, -0.2) is 29.2 Å². The molecule has 0 aliphatic heterocycles. The Balaban J connectivity index is 2.23. The summed E-state index contributed by atoms with van der Waals surface area (Å²) in [5.74, 6) is -1.66. The summed E-state index contributed by atoms with van der Waals surface area (Å²) in [5.41, 5.74) is -2.58. The Hall–Kier alpha value is -4.01. The van der Waals surface area contributed by atoms with Crippen molar-refractivity contribution in [2.24, 2.45) is 10.2 Å². The van der Waals surface area contributed by atoms with Gasteiger partial charge in [0.2, 0.25) is 10.6 Å². The number of benzene rings is 3. The number of phenolic OH excluding ortho intramolecular Hbond substituents is 2. The number of nitrogens with zero attached hydrogens (tertiary/aromatic N) is 4. The van der Waals surface area contributed by atoms with Crippen LogP contribution in [0.2, 0.25) is 0 Å². The number of nitro groups is 2. The molecule has 0 aliphatic carbocycles. The van der Waals surface area contributed by atoms with Crippen molar-refractivity contribution in [3.63, 3.8) is 0 Å². The highest BCUT2D eigenvalue weighted by molar-refractivity contribution is 7.92. The van der Waals surface area contributed by atoms with Crippen LogP contribution in [0.4, 0.5) is 22.7 Å². The molecule has 0 aromatic heterocycles. The minimum Gasteiger partial charge on any atom is -0.505 e. The van der Waals surface area contributed by atoms with Crippen LogP contribution in [0.1, 0.15) is 0 Å². The normalized spacial score (nSPS) is 11.8. The fourth-order valence-electron chi connectivity index (χ4n) is 2.65. The van der Waals surface area contributed by atoms with Gasteiger partial charge >= 0.3 is 16.2 Å². The fraction of sp³-hybridized carbons (Fsp3) is 0. The number of hydrogen-bond donors (Lipinski definition) is 4. The average molecular weight is 435 g/mol. The maximum absolute atomic E-state index is 11.7. The third kappa shape index (κ3) is 3.77. The van der Waals surface area contributed by atoms with Gasteiger partial charge in [0.1, 0.15) is 17.1 Å². The highest BCUT2D eigenvalue weighted by Gasteiger charge is 2.31. The molecule has 4 N–H and O–H groups in total. The van der Waals surface area contributed by atoms with Gasteiger partial charge in [-0.2, -0.15) is 9.11 Å². The highest BCUT2D eigenvalue weighted by Crippen LogP contribution is 2.43. The minimum absolute atomic E-state index is 0.0495. The Morgan fingerprint density at radius 3 is 2.10 bits per heavy atom. The molecule has 0 fully saturated rings. The van der Waals surface area contributed by atoms with E-state index in [1.54, 1.807) is 0 Å². The molecule has 0 aliphatic rings. The molecule has 0 saturated carbocycles. The summed E-state index contributed by atoms with van der Waals surface area (Å²) in [6.07, 6.45) is 0. The maximum atomic E-state index is 11.7. The van der Waals surface area contributed by atoms with Crippen molar-refractivity contribution in [3.05, 3.63) is 62.7 Å². The van der Waals surface area contributed by atoms with Gasteiger partial charge in [-0.1, -0.05) is 18.2 Å². The minimum atomic E-state index is -4.45. The number of aromatic hydroxyl groups is 2. The monoisotopic (exact) mass is 435 g/mol. The van der Waals surface area contributed by atoms with Gasteiger partial charge in [-0.15, -0.1) is 10.2 Å². The maximum Gasteiger partial charge on any atom is 0.387 e. The molecule has 0 saturated heterocycles. The highest BCUT2D eigenvalue weighted by atomic mass is 32.3. The molecule has 0 radical (unpaired) electrons. The summed E-state index contributed by atoms with van der Waals surface area (Å²) in [6.45, 7) is 0. The summed E-state index contributed by atoms with van der Waals surface area (Å²) in [7, 11) is -4.45. The second-order valence-electron chi connectivity index (χ2n) is 5.83. The lowest BCUT2D eigenvalue weighted by Crippen LogP contribution is -2.07. The van der Waals surface area contributed by atoms with Crippen LogP contribution in [0.5, 0.6) is 11.5 Å². The van der Waals surface area contributed by atoms with E-state index in [0.717, 1.165) is 12.1 Å². The van der Waals surface area contributed by atoms with Gasteiger partial charge in [-0.25, -0.2) is 0 Å². The van der Waals surface area contributed by atoms with Crippen molar-refractivity contribution in [2.75, 3.05) is 0 Å². The molecule has 0 atom stereocenters. The predicted octanol–water partition coefficient (Wildman–Crippen LogP) is 4.29. The van der Waals surface area contributed by atoms with Crippen LogP contribution >= 0.6 is 0 Å². The van der Waals surface area contributed by atoms with Crippen molar-refractivity contribution >= 4 is 44.0 Å². The van der Waals surface area contributed by atoms with Crippen molar-refractivity contribution in [1.29, 1.82) is 0 Å². The zero-order valence-electron chi connectivity index (χ0n) is 14.6. The summed E-state index contributed by atoms with van der Waals surface area (Å²) in [4.78, 5) is 19.6. The van der Waals surface area contributed by atoms with E-state index in [-0.39, 0.29) is 16.5 Å². The van der Waals surface area contributed by atoms with Crippen LogP contribution in [0, 0.1) is 20.2 Å². The molecule has 154 valence electrons. The fourth-order valence-corrected chi connectivity index (χ4v) is 3.38. The molecular weight excluding hydrogens is 424 g/mol. The average Bonchev–Trinajstić information content (AvgIpc) is 2.66. The first kappa shape index (κ1) is 20.7. The third-order valence-corrected chi connectivity index (χ3v) is 4.87. The number of azo groups is 1. The van der Waals surface area contributed by atoms with Gasteiger partial charge in [0.15, 0.2) is 0 Å². The number of fused-ring (bicyclic) bond motifs is 1. The van der Waals surface area contributed by atoms with Crippen LogP contribution in [0.25, 0.3) is 10.8 Å². The summed E-state index contributed by atoms with van der Waals surface area (Å²) < 4.78 is 30.6. The van der Waals surface area contributed by atoms with Gasteiger partial charge in [-0.3, -0.25) is 20.2 Å². The number of nitro benzene ring substituents is 2. The lowest BCUT2D eigenvalue weighted by molar-refractivity contribution is -0.394. The lowest BCUT2D eigenvalue weighted by atomic mass is 10.1. The van der Waals surface area contributed by atoms with E-state index in [4.69, 9.17) is 0 Å². The Morgan fingerprint density at radius 1 is 0.900 bits per heavy atom. The van der Waals surface area contributed by atoms with Crippen molar-refractivity contribution in [2.45, 2.75) is 4.90 Å². The number of phenols is 2. The first-order chi connectivity index (χ1) is 14.0. The molecular formula is C16H11N4O9S+. The Kier molecular flexibility index (Phi) is 5.13. The van der Waals surface area contributed by atoms with Crippen molar-refractivity contribution in [1.82, 2.24) is 0 Å². The number of hydrogen-bond acceptors (Lipinski definition) is 9. The van der Waals surface area contributed by atoms with Gasteiger partial charge < -0.3 is 10.2 Å². The van der Waals surface area contributed by atoms with E-state index in [1.807, 2.05) is 0 Å². The SMILES string of the molecule is O=[N+]([O-])c1cc(N=Nc2c(O)cc([S+](=O)(O)O)c3ccccc23)c(O)c([N+](=O)[O-])c1. The first-order valence-corrected chi connectivity index (χ1v) is 9.29. The van der Waals surface area contributed by atoms with Gasteiger partial charge in [0.05, 0.1) is 15.9 Å². The van der Waals surface area contributed by atoms with Crippen molar-refractivity contribution < 1.29 is 33.4 Å². The van der Waals surface area contributed by atoms with E-state index in [9.17, 15) is 43.8 Å². The molecule has 30 heavy (non-hydrogen) atoms. The second kappa shape index (κ2) is 7.43. The van der Waals surface area contributed by atoms with Crippen LogP contribution < -0.4 is 0 Å². The number of non-ortho nitro benzene ring substituents is 1. The second-order valence-corrected chi connectivity index (χ2v) is 7.26. The van der Waals surface area contributed by atoms with Crippen LogP contribution in [0.3, 0.4) is 0 Å². The molecule has 0 unspecified atom stereocenters. The molecule has 14 heteroatoms. The lowest BCUT2D eigenvalue weighted by Gasteiger charge is -2.07. The smallest absolute Gasteiger partial charge is 0.387 e. The zero-order chi connectivity index (χ0) is 22.2. The van der Waals surface area contributed by atoms with E-state index in [0.29, 0.717) is 6.07 Å². The van der Waals surface area contributed by atoms with Crippen LogP contribution in [-0.2, 0) is 14.7 Å². The first-order valence-electron chi connectivity index (χ1n) is 7.82. The Labute approximate surface area is 167 Å². The van der Waals surface area contributed by atoms with E-state index in [1.165, 1.54) is 24.3 Å². The van der Waals surface area contributed by atoms with E-state index >= 15 is 0 Å². The summed E-state index contributed by atoms with van der Waals surface area (Å²) in [5, 5.41) is 49.6. The molecule has 3 aromatic carbocycles. The van der Waals surface area contributed by atoms with Gasteiger partial charge in [-0.05, 0) is 10.3 Å². The van der Waals surface area contributed by atoms with Gasteiger partial charge in [0.25, 0.3) is 5.69 Å². The topological polar surface area (TPSA) is 209 Å². The quantitative estimate of drug-likeness (QED) is 0.195. The number of rotatable bonds is 5.